The van der Waals surface area contributed by atoms with E-state index in [1.54, 1.807) is 7.05 Å². The third-order valence-corrected chi connectivity index (χ3v) is 3.02. The molecule has 2 heterocycles. The molecule has 0 saturated carbocycles. The van der Waals surface area contributed by atoms with E-state index in [1.807, 2.05) is 48.4 Å². The summed E-state index contributed by atoms with van der Waals surface area (Å²) in [7, 11) is 1.77. The van der Waals surface area contributed by atoms with Gasteiger partial charge in [-0.25, -0.2) is 0 Å². The highest BCUT2D eigenvalue weighted by Gasteiger charge is 1.99. The summed E-state index contributed by atoms with van der Waals surface area (Å²) < 4.78 is 1.92. The molecule has 2 rings (SSSR count). The number of aromatic nitrogens is 3. The maximum atomic E-state index is 4.29. The lowest BCUT2D eigenvalue weighted by molar-refractivity contribution is 0.597. The molecule has 2 N–H and O–H groups in total. The van der Waals surface area contributed by atoms with Crippen LogP contribution in [0.2, 0.25) is 0 Å². The summed E-state index contributed by atoms with van der Waals surface area (Å²) in [6.07, 6.45) is 6.58. The smallest absolute Gasteiger partial charge is 0.191 e. The van der Waals surface area contributed by atoms with E-state index in [-0.39, 0.29) is 24.0 Å². The monoisotopic (exact) mass is 414 g/mol. The van der Waals surface area contributed by atoms with E-state index in [0.29, 0.717) is 0 Å². The molecule has 2 aromatic heterocycles. The molecule has 0 saturated heterocycles. The van der Waals surface area contributed by atoms with Crippen LogP contribution in [0.4, 0.5) is 0 Å². The highest BCUT2D eigenvalue weighted by Crippen LogP contribution is 1.94. The van der Waals surface area contributed by atoms with Crippen LogP contribution in [0, 0.1) is 6.92 Å². The number of guanidine groups is 1. The molecule has 0 spiro atoms. The number of nitrogens with zero attached hydrogens (tertiary/aromatic N) is 4. The van der Waals surface area contributed by atoms with Crippen molar-refractivity contribution >= 4 is 29.9 Å². The lowest BCUT2D eigenvalue weighted by Crippen LogP contribution is -2.39. The summed E-state index contributed by atoms with van der Waals surface area (Å²) in [4.78, 5) is 8.49. The van der Waals surface area contributed by atoms with Gasteiger partial charge in [0.1, 0.15) is 0 Å². The van der Waals surface area contributed by atoms with E-state index in [4.69, 9.17) is 0 Å². The van der Waals surface area contributed by atoms with E-state index < -0.39 is 0 Å². The Balaban J connectivity index is 0.00000242. The minimum atomic E-state index is 0. The minimum Gasteiger partial charge on any atom is -0.356 e. The number of nitrogens with one attached hydrogen (secondary N) is 2. The highest BCUT2D eigenvalue weighted by molar-refractivity contribution is 14.0. The SMILES string of the molecule is CN=C(NCCc1ccccn1)NCCn1cc(C)cn1.I. The van der Waals surface area contributed by atoms with Crippen molar-refractivity contribution in [2.45, 2.75) is 19.9 Å². The van der Waals surface area contributed by atoms with E-state index in [9.17, 15) is 0 Å². The minimum absolute atomic E-state index is 0. The van der Waals surface area contributed by atoms with Crippen molar-refractivity contribution < 1.29 is 0 Å². The van der Waals surface area contributed by atoms with Gasteiger partial charge < -0.3 is 10.6 Å². The van der Waals surface area contributed by atoms with Crippen LogP contribution in [-0.2, 0) is 13.0 Å². The van der Waals surface area contributed by atoms with Gasteiger partial charge in [-0.1, -0.05) is 6.07 Å². The van der Waals surface area contributed by atoms with Crippen LogP contribution < -0.4 is 10.6 Å². The molecule has 2 aromatic rings. The first kappa shape index (κ1) is 18.4. The Bertz CT molecular complexity index is 566. The normalized spacial score (nSPS) is 10.9. The first-order chi connectivity index (χ1) is 10.3. The van der Waals surface area contributed by atoms with Gasteiger partial charge in [-0.3, -0.25) is 14.7 Å². The lowest BCUT2D eigenvalue weighted by atomic mass is 10.3. The molecule has 0 aliphatic rings. The molecule has 22 heavy (non-hydrogen) atoms. The van der Waals surface area contributed by atoms with E-state index in [0.717, 1.165) is 37.7 Å². The van der Waals surface area contributed by atoms with Gasteiger partial charge in [-0.15, -0.1) is 24.0 Å². The summed E-state index contributed by atoms with van der Waals surface area (Å²) >= 11 is 0. The first-order valence-electron chi connectivity index (χ1n) is 7.11. The van der Waals surface area contributed by atoms with Crippen molar-refractivity contribution in [2.75, 3.05) is 20.1 Å². The van der Waals surface area contributed by atoms with Crippen LogP contribution in [0.5, 0.6) is 0 Å². The third-order valence-electron chi connectivity index (χ3n) is 3.02. The molecule has 0 aliphatic carbocycles. The van der Waals surface area contributed by atoms with Gasteiger partial charge in [-0.2, -0.15) is 5.10 Å². The van der Waals surface area contributed by atoms with Gasteiger partial charge in [0, 0.05) is 44.6 Å². The molecule has 6 nitrogen and oxygen atoms in total. The number of aliphatic imine (C=N–C) groups is 1. The van der Waals surface area contributed by atoms with Crippen molar-refractivity contribution in [1.29, 1.82) is 0 Å². The zero-order valence-corrected chi connectivity index (χ0v) is 15.3. The average molecular weight is 414 g/mol. The molecule has 120 valence electrons. The Morgan fingerprint density at radius 3 is 2.73 bits per heavy atom. The third kappa shape index (κ3) is 6.42. The molecule has 0 bridgehead atoms. The Morgan fingerprint density at radius 1 is 1.27 bits per heavy atom. The molecule has 0 aliphatic heterocycles. The second-order valence-corrected chi connectivity index (χ2v) is 4.78. The number of rotatable bonds is 6. The van der Waals surface area contributed by atoms with Crippen LogP contribution in [-0.4, -0.2) is 40.9 Å². The fourth-order valence-corrected chi connectivity index (χ4v) is 1.95. The summed E-state index contributed by atoms with van der Waals surface area (Å²) in [6, 6.07) is 5.95. The van der Waals surface area contributed by atoms with Gasteiger partial charge in [0.2, 0.25) is 0 Å². The number of halogens is 1. The van der Waals surface area contributed by atoms with Gasteiger partial charge in [-0.05, 0) is 24.6 Å². The second kappa shape index (κ2) is 10.1. The van der Waals surface area contributed by atoms with Gasteiger partial charge >= 0.3 is 0 Å². The molecule has 0 fully saturated rings. The first-order valence-corrected chi connectivity index (χ1v) is 7.11. The van der Waals surface area contributed by atoms with E-state index >= 15 is 0 Å². The maximum absolute atomic E-state index is 4.29. The second-order valence-electron chi connectivity index (χ2n) is 4.78. The van der Waals surface area contributed by atoms with Crippen molar-refractivity contribution in [3.05, 3.63) is 48.0 Å². The van der Waals surface area contributed by atoms with Crippen LogP contribution >= 0.6 is 24.0 Å². The fourth-order valence-electron chi connectivity index (χ4n) is 1.95. The molecule has 0 amide bonds. The molecular weight excluding hydrogens is 391 g/mol. The molecule has 7 heteroatoms. The van der Waals surface area contributed by atoms with Crippen molar-refractivity contribution in [3.63, 3.8) is 0 Å². The number of hydrogen-bond acceptors (Lipinski definition) is 3. The van der Waals surface area contributed by atoms with Crippen molar-refractivity contribution in [3.8, 4) is 0 Å². The Morgan fingerprint density at radius 2 is 2.09 bits per heavy atom. The van der Waals surface area contributed by atoms with Crippen molar-refractivity contribution in [2.24, 2.45) is 4.99 Å². The summed E-state index contributed by atoms with van der Waals surface area (Å²) in [6.45, 7) is 4.44. The quantitative estimate of drug-likeness (QED) is 0.428. The average Bonchev–Trinajstić information content (AvgIpc) is 2.92. The van der Waals surface area contributed by atoms with Crippen LogP contribution in [0.15, 0.2) is 41.8 Å². The predicted octanol–water partition coefficient (Wildman–Crippen LogP) is 1.61. The predicted molar refractivity (Wildman–Crippen MR) is 99.7 cm³/mol. The van der Waals surface area contributed by atoms with E-state index in [2.05, 4.69) is 25.7 Å². The number of hydrogen-bond donors (Lipinski definition) is 2. The zero-order chi connectivity index (χ0) is 14.9. The number of pyridine rings is 1. The van der Waals surface area contributed by atoms with E-state index in [1.165, 1.54) is 5.56 Å². The Labute approximate surface area is 148 Å². The number of aryl methyl sites for hydroxylation is 1. The summed E-state index contributed by atoms with van der Waals surface area (Å²) in [5, 5.41) is 10.8. The molecule has 0 atom stereocenters. The van der Waals surface area contributed by atoms with Gasteiger partial charge in [0.25, 0.3) is 0 Å². The Hall–Kier alpha value is -1.64. The Kier molecular flexibility index (Phi) is 8.49. The largest absolute Gasteiger partial charge is 0.356 e. The molecular formula is C15H23IN6. The lowest BCUT2D eigenvalue weighted by Gasteiger charge is -2.11. The molecule has 0 aromatic carbocycles. The highest BCUT2D eigenvalue weighted by atomic mass is 127. The summed E-state index contributed by atoms with van der Waals surface area (Å²) in [5.41, 5.74) is 2.25. The van der Waals surface area contributed by atoms with Crippen LogP contribution in [0.3, 0.4) is 0 Å². The van der Waals surface area contributed by atoms with Gasteiger partial charge in [0.15, 0.2) is 5.96 Å². The van der Waals surface area contributed by atoms with Crippen LogP contribution in [0.25, 0.3) is 0 Å². The van der Waals surface area contributed by atoms with Gasteiger partial charge in [0.05, 0.1) is 12.7 Å². The standard InChI is InChI=1S/C15H22N6.HI/c1-13-11-20-21(12-13)10-9-19-15(16-2)18-8-6-14-5-3-4-7-17-14;/h3-5,7,11-12H,6,8-10H2,1-2H3,(H2,16,18,19);1H. The maximum Gasteiger partial charge on any atom is 0.191 e. The molecule has 0 unspecified atom stereocenters. The zero-order valence-electron chi connectivity index (χ0n) is 13.0. The van der Waals surface area contributed by atoms with Crippen molar-refractivity contribution in [1.82, 2.24) is 25.4 Å². The topological polar surface area (TPSA) is 67.1 Å². The summed E-state index contributed by atoms with van der Waals surface area (Å²) in [5.74, 6) is 0.801. The fraction of sp³-hybridized carbons (Fsp3) is 0.400. The van der Waals surface area contributed by atoms with Crippen LogP contribution in [0.1, 0.15) is 11.3 Å². The molecule has 0 radical (unpaired) electrons.